The molecule has 2 aromatic carbocycles. The fourth-order valence-electron chi connectivity index (χ4n) is 3.92. The number of nitrogens with zero attached hydrogens (tertiary/aromatic N) is 4. The number of sulfonamides is 1. The number of nitrogens with one attached hydrogen (secondary N) is 2. The predicted octanol–water partition coefficient (Wildman–Crippen LogP) is 3.04. The summed E-state index contributed by atoms with van der Waals surface area (Å²) in [6.45, 7) is 5.34. The maximum absolute atomic E-state index is 12.9. The van der Waals surface area contributed by atoms with E-state index in [1.807, 2.05) is 0 Å². The third kappa shape index (κ3) is 4.68. The largest absolute Gasteiger partial charge is 0.486 e. The number of carbonyl (C=O) groups is 1. The number of carbonyl (C=O) groups excluding carboxylic acids is 1. The minimum Gasteiger partial charge on any atom is -0.486 e. The average Bonchev–Trinajstić information content (AvgIpc) is 3.25. The Labute approximate surface area is 211 Å². The van der Waals surface area contributed by atoms with Crippen molar-refractivity contribution in [2.75, 3.05) is 37.4 Å². The fraction of sp³-hybridized carbons (Fsp3) is 0.304. The molecule has 1 aliphatic heterocycles. The van der Waals surface area contributed by atoms with Gasteiger partial charge in [-0.2, -0.15) is 4.31 Å². The Kier molecular flexibility index (Phi) is 6.69. The van der Waals surface area contributed by atoms with E-state index in [-0.39, 0.29) is 16.6 Å². The summed E-state index contributed by atoms with van der Waals surface area (Å²) in [6.07, 6.45) is 0. The van der Waals surface area contributed by atoms with Crippen LogP contribution in [0.2, 0.25) is 0 Å². The smallest absolute Gasteiger partial charge is 0.243 e. The molecule has 0 saturated carbocycles. The lowest BCUT2D eigenvalue weighted by Gasteiger charge is -2.18. The molecule has 0 saturated heterocycles. The zero-order valence-corrected chi connectivity index (χ0v) is 21.3. The Bertz CT molecular complexity index is 1550. The molecule has 2 N–H and O–H groups in total. The molecule has 188 valence electrons. The van der Waals surface area contributed by atoms with Crippen molar-refractivity contribution in [3.05, 3.63) is 36.4 Å². The molecule has 1 amide bonds. The summed E-state index contributed by atoms with van der Waals surface area (Å²) < 4.78 is 38.3. The molecule has 3 heterocycles. The van der Waals surface area contributed by atoms with E-state index in [9.17, 15) is 13.2 Å². The van der Waals surface area contributed by atoms with E-state index >= 15 is 0 Å². The summed E-state index contributed by atoms with van der Waals surface area (Å²) in [5, 5.41) is 12.1. The second-order valence-corrected chi connectivity index (χ2v) is 10.8. The van der Waals surface area contributed by atoms with Crippen molar-refractivity contribution in [1.82, 2.24) is 24.5 Å². The van der Waals surface area contributed by atoms with Gasteiger partial charge in [-0.15, -0.1) is 10.2 Å². The van der Waals surface area contributed by atoms with Crippen molar-refractivity contribution in [2.24, 2.45) is 0 Å². The Hall–Kier alpha value is -3.42. The van der Waals surface area contributed by atoms with Crippen molar-refractivity contribution >= 4 is 55.4 Å². The Morgan fingerprint density at radius 2 is 1.86 bits per heavy atom. The van der Waals surface area contributed by atoms with Crippen molar-refractivity contribution < 1.29 is 22.7 Å². The van der Waals surface area contributed by atoms with Gasteiger partial charge in [0.05, 0.1) is 10.6 Å². The molecule has 11 nitrogen and oxygen atoms in total. The zero-order chi connectivity index (χ0) is 25.3. The zero-order valence-electron chi connectivity index (χ0n) is 19.6. The van der Waals surface area contributed by atoms with Crippen LogP contribution in [-0.4, -0.2) is 70.9 Å². The lowest BCUT2D eigenvalue weighted by Crippen LogP contribution is -2.30. The number of hydrogen-bond acceptors (Lipinski definition) is 9. The van der Waals surface area contributed by atoms with E-state index in [0.717, 1.165) is 11.8 Å². The van der Waals surface area contributed by atoms with E-state index in [1.54, 1.807) is 50.2 Å². The van der Waals surface area contributed by atoms with Crippen LogP contribution in [0.1, 0.15) is 13.8 Å². The van der Waals surface area contributed by atoms with Crippen molar-refractivity contribution in [3.8, 4) is 11.5 Å². The Morgan fingerprint density at radius 3 is 2.64 bits per heavy atom. The number of benzene rings is 2. The third-order valence-corrected chi connectivity index (χ3v) is 8.55. The number of anilines is 1. The van der Waals surface area contributed by atoms with Gasteiger partial charge < -0.3 is 19.8 Å². The SMILES string of the molecule is CCN(CC)S(=O)(=O)c1ccc2[nH]c3nc(SCC(=O)Nc4ccc5c(c4)OCCO5)nnc3c2c1. The lowest BCUT2D eigenvalue weighted by molar-refractivity contribution is -0.113. The summed E-state index contributed by atoms with van der Waals surface area (Å²) in [5.41, 5.74) is 2.23. The first-order valence-electron chi connectivity index (χ1n) is 11.4. The second kappa shape index (κ2) is 9.91. The number of aromatic amines is 1. The first kappa shape index (κ1) is 24.3. The van der Waals surface area contributed by atoms with Crippen LogP contribution in [0.3, 0.4) is 0 Å². The van der Waals surface area contributed by atoms with E-state index in [4.69, 9.17) is 9.47 Å². The molecule has 2 aromatic heterocycles. The number of H-pyrrole nitrogens is 1. The van der Waals surface area contributed by atoms with E-state index in [2.05, 4.69) is 25.5 Å². The van der Waals surface area contributed by atoms with Crippen LogP contribution in [0.5, 0.6) is 11.5 Å². The van der Waals surface area contributed by atoms with E-state index in [0.29, 0.717) is 70.7 Å². The molecule has 0 radical (unpaired) electrons. The quantitative estimate of drug-likeness (QED) is 0.330. The number of fused-ring (bicyclic) bond motifs is 4. The highest BCUT2D eigenvalue weighted by Gasteiger charge is 2.23. The lowest BCUT2D eigenvalue weighted by atomic mass is 10.2. The standard InChI is InChI=1S/C23H24N6O5S2/c1-3-29(4-2)36(31,32)15-6-7-17-16(12-15)21-22(25-17)26-23(28-27-21)35-13-20(30)24-14-5-8-18-19(11-14)34-10-9-33-18/h5-8,11-12H,3-4,9-10,13H2,1-2H3,(H,24,30)(H,25,26,28). The van der Waals surface area contributed by atoms with Crippen LogP contribution < -0.4 is 14.8 Å². The van der Waals surface area contributed by atoms with Gasteiger partial charge in [0, 0.05) is 35.7 Å². The van der Waals surface area contributed by atoms with E-state index in [1.165, 1.54) is 4.31 Å². The number of hydrogen-bond donors (Lipinski definition) is 2. The van der Waals surface area contributed by atoms with Crippen molar-refractivity contribution in [3.63, 3.8) is 0 Å². The molecule has 0 bridgehead atoms. The van der Waals surface area contributed by atoms with Gasteiger partial charge >= 0.3 is 0 Å². The van der Waals surface area contributed by atoms with Gasteiger partial charge in [-0.3, -0.25) is 4.79 Å². The van der Waals surface area contributed by atoms with Gasteiger partial charge in [-0.1, -0.05) is 25.6 Å². The van der Waals surface area contributed by atoms with Gasteiger partial charge in [0.1, 0.15) is 18.7 Å². The van der Waals surface area contributed by atoms with Crippen LogP contribution in [-0.2, 0) is 14.8 Å². The van der Waals surface area contributed by atoms with Gasteiger partial charge in [-0.05, 0) is 30.3 Å². The number of ether oxygens (including phenoxy) is 2. The van der Waals surface area contributed by atoms with Crippen LogP contribution in [0.25, 0.3) is 22.1 Å². The molecule has 0 atom stereocenters. The highest BCUT2D eigenvalue weighted by Crippen LogP contribution is 2.33. The number of amides is 1. The molecule has 0 spiro atoms. The van der Waals surface area contributed by atoms with Crippen LogP contribution >= 0.6 is 11.8 Å². The number of thioether (sulfide) groups is 1. The summed E-state index contributed by atoms with van der Waals surface area (Å²) in [7, 11) is -3.61. The van der Waals surface area contributed by atoms with Gasteiger partial charge in [0.25, 0.3) is 0 Å². The average molecular weight is 529 g/mol. The van der Waals surface area contributed by atoms with Crippen LogP contribution in [0.4, 0.5) is 5.69 Å². The van der Waals surface area contributed by atoms with Crippen molar-refractivity contribution in [1.29, 1.82) is 0 Å². The molecule has 1 aliphatic rings. The number of aromatic nitrogens is 4. The molecule has 4 aromatic rings. The summed E-state index contributed by atoms with van der Waals surface area (Å²) in [6, 6.07) is 10.1. The van der Waals surface area contributed by atoms with Gasteiger partial charge in [0.2, 0.25) is 21.1 Å². The predicted molar refractivity (Wildman–Crippen MR) is 136 cm³/mol. The van der Waals surface area contributed by atoms with Crippen LogP contribution in [0.15, 0.2) is 46.5 Å². The summed E-state index contributed by atoms with van der Waals surface area (Å²) in [4.78, 5) is 20.3. The highest BCUT2D eigenvalue weighted by molar-refractivity contribution is 7.99. The minimum absolute atomic E-state index is 0.0775. The fourth-order valence-corrected chi connectivity index (χ4v) is 5.99. The molecule has 0 fully saturated rings. The normalized spacial score (nSPS) is 13.4. The molecule has 36 heavy (non-hydrogen) atoms. The Balaban J connectivity index is 1.31. The second-order valence-electron chi connectivity index (χ2n) is 7.91. The summed E-state index contributed by atoms with van der Waals surface area (Å²) in [5.74, 6) is 1.09. The maximum atomic E-state index is 12.9. The van der Waals surface area contributed by atoms with E-state index < -0.39 is 10.0 Å². The topological polar surface area (TPSA) is 139 Å². The molecule has 0 unspecified atom stereocenters. The molecular formula is C23H24N6O5S2. The molecule has 0 aliphatic carbocycles. The summed E-state index contributed by atoms with van der Waals surface area (Å²) >= 11 is 1.14. The molecule has 5 rings (SSSR count). The molecule has 13 heteroatoms. The first-order valence-corrected chi connectivity index (χ1v) is 13.8. The first-order chi connectivity index (χ1) is 17.4. The maximum Gasteiger partial charge on any atom is 0.243 e. The highest BCUT2D eigenvalue weighted by atomic mass is 32.2. The van der Waals surface area contributed by atoms with Crippen LogP contribution in [0, 0.1) is 0 Å². The minimum atomic E-state index is -3.61. The van der Waals surface area contributed by atoms with Crippen molar-refractivity contribution in [2.45, 2.75) is 23.9 Å². The molecular weight excluding hydrogens is 504 g/mol. The Morgan fingerprint density at radius 1 is 1.08 bits per heavy atom. The number of rotatable bonds is 8. The van der Waals surface area contributed by atoms with Gasteiger partial charge in [-0.25, -0.2) is 13.4 Å². The van der Waals surface area contributed by atoms with Gasteiger partial charge in [0.15, 0.2) is 17.1 Å². The third-order valence-electron chi connectivity index (χ3n) is 5.67. The monoisotopic (exact) mass is 528 g/mol.